The second-order valence-corrected chi connectivity index (χ2v) is 9.94. The van der Waals surface area contributed by atoms with Gasteiger partial charge in [-0.25, -0.2) is 4.98 Å². The van der Waals surface area contributed by atoms with Crippen molar-refractivity contribution < 1.29 is 4.57 Å². The molecule has 182 valence electrons. The van der Waals surface area contributed by atoms with Crippen LogP contribution in [0.2, 0.25) is 0 Å². The van der Waals surface area contributed by atoms with Crippen LogP contribution in [0.1, 0.15) is 12.8 Å². The number of hydrogen-bond donors (Lipinski definition) is 0. The molecular weight excluding hydrogens is 476 g/mol. The third kappa shape index (κ3) is 5.17. The van der Waals surface area contributed by atoms with E-state index in [1.807, 2.05) is 70.2 Å². The van der Waals surface area contributed by atoms with Crippen LogP contribution in [0.15, 0.2) is 136 Å². The number of azo groups is 1. The Morgan fingerprint density at radius 3 is 2.19 bits per heavy atom. The van der Waals surface area contributed by atoms with Crippen molar-refractivity contribution in [3.63, 3.8) is 0 Å². The van der Waals surface area contributed by atoms with Crippen molar-refractivity contribution in [2.45, 2.75) is 22.6 Å². The molecule has 3 heterocycles. The first-order valence-corrected chi connectivity index (χ1v) is 13.3. The summed E-state index contributed by atoms with van der Waals surface area (Å²) in [6, 6.07) is 32.9. The maximum absolute atomic E-state index is 4.80. The van der Waals surface area contributed by atoms with Crippen LogP contribution in [0.4, 0.5) is 17.5 Å². The predicted octanol–water partition coefficient (Wildman–Crippen LogP) is 7.32. The Hall–Kier alpha value is -4.23. The maximum atomic E-state index is 4.80. The standard InChI is InChI=1S/C30H27N6S/c1-4-12-24(13-5-1)35-20-21-36(25-14-6-2-7-15-25)30(35)33-32-27-23-31-29(34-18-10-11-19-34)22-28(27)37-26-16-8-3-9-17-26/h1-9,12-17,20-23H,10-11,18-19H2/q+1. The molecule has 0 amide bonds. The van der Waals surface area contributed by atoms with Crippen LogP contribution >= 0.6 is 11.8 Å². The Morgan fingerprint density at radius 2 is 1.46 bits per heavy atom. The van der Waals surface area contributed by atoms with E-state index in [4.69, 9.17) is 15.2 Å². The first kappa shape index (κ1) is 23.2. The molecule has 2 aromatic heterocycles. The predicted molar refractivity (Wildman–Crippen MR) is 148 cm³/mol. The van der Waals surface area contributed by atoms with Gasteiger partial charge in [-0.15, -0.1) is 0 Å². The number of anilines is 1. The van der Waals surface area contributed by atoms with Gasteiger partial charge in [0.25, 0.3) is 0 Å². The van der Waals surface area contributed by atoms with E-state index in [9.17, 15) is 0 Å². The quantitative estimate of drug-likeness (QED) is 0.173. The molecule has 1 aliphatic rings. The van der Waals surface area contributed by atoms with Gasteiger partial charge in [0.2, 0.25) is 0 Å². The van der Waals surface area contributed by atoms with Crippen molar-refractivity contribution in [2.24, 2.45) is 10.2 Å². The largest absolute Gasteiger partial charge is 0.431 e. The lowest BCUT2D eigenvalue weighted by atomic mass is 10.3. The summed E-state index contributed by atoms with van der Waals surface area (Å²) in [6.45, 7) is 2.09. The van der Waals surface area contributed by atoms with Crippen molar-refractivity contribution in [3.8, 4) is 11.4 Å². The fourth-order valence-corrected chi connectivity index (χ4v) is 5.38. The number of hydrogen-bond acceptors (Lipinski definition) is 5. The van der Waals surface area contributed by atoms with Crippen LogP contribution in [0.5, 0.6) is 0 Å². The summed E-state index contributed by atoms with van der Waals surface area (Å²) in [5.74, 6) is 1.71. The van der Waals surface area contributed by atoms with Crippen molar-refractivity contribution in [2.75, 3.05) is 18.0 Å². The van der Waals surface area contributed by atoms with Crippen molar-refractivity contribution in [1.29, 1.82) is 0 Å². The topological polar surface area (TPSA) is 49.7 Å². The lowest BCUT2D eigenvalue weighted by Crippen LogP contribution is -2.28. The van der Waals surface area contributed by atoms with Crippen LogP contribution in [0, 0.1) is 0 Å². The minimum Gasteiger partial charge on any atom is -0.357 e. The van der Waals surface area contributed by atoms with Crippen LogP contribution in [0.3, 0.4) is 0 Å². The monoisotopic (exact) mass is 503 g/mol. The van der Waals surface area contributed by atoms with Gasteiger partial charge in [-0.1, -0.05) is 71.5 Å². The fourth-order valence-electron chi connectivity index (χ4n) is 4.47. The molecule has 3 aromatic carbocycles. The summed E-state index contributed by atoms with van der Waals surface area (Å²) < 4.78 is 4.10. The normalized spacial score (nSPS) is 13.5. The minimum absolute atomic E-state index is 0.705. The number of benzene rings is 3. The molecule has 5 aromatic rings. The molecule has 6 rings (SSSR count). The van der Waals surface area contributed by atoms with E-state index in [1.165, 1.54) is 12.8 Å². The molecule has 0 N–H and O–H groups in total. The number of pyridine rings is 1. The smallest absolute Gasteiger partial charge is 0.357 e. The molecule has 0 saturated carbocycles. The van der Waals surface area contributed by atoms with Gasteiger partial charge in [-0.05, 0) is 55.3 Å². The third-order valence-corrected chi connectivity index (χ3v) is 7.40. The highest BCUT2D eigenvalue weighted by atomic mass is 32.2. The van der Waals surface area contributed by atoms with E-state index in [-0.39, 0.29) is 0 Å². The van der Waals surface area contributed by atoms with Gasteiger partial charge in [0.15, 0.2) is 0 Å². The fraction of sp³-hybridized carbons (Fsp3) is 0.133. The van der Waals surface area contributed by atoms with Gasteiger partial charge in [-0.3, -0.25) is 0 Å². The number of imidazole rings is 1. The van der Waals surface area contributed by atoms with Gasteiger partial charge in [0, 0.05) is 28.0 Å². The molecule has 0 bridgehead atoms. The van der Waals surface area contributed by atoms with Crippen molar-refractivity contribution >= 4 is 29.2 Å². The third-order valence-electron chi connectivity index (χ3n) is 6.34. The SMILES string of the molecule is c1ccc(Sc2cc(N3CCCC3)ncc2N=Nc2n(-c3ccccc3)cc[n+]2-c2ccccc2)cc1. The average Bonchev–Trinajstić information content (AvgIpc) is 3.65. The summed E-state index contributed by atoms with van der Waals surface area (Å²) in [7, 11) is 0. The Kier molecular flexibility index (Phi) is 6.77. The van der Waals surface area contributed by atoms with E-state index in [0.29, 0.717) is 5.95 Å². The zero-order chi connectivity index (χ0) is 24.9. The molecule has 1 fully saturated rings. The molecule has 1 aliphatic heterocycles. The lowest BCUT2D eigenvalue weighted by molar-refractivity contribution is -0.581. The van der Waals surface area contributed by atoms with Crippen LogP contribution < -0.4 is 9.47 Å². The number of nitrogens with zero attached hydrogens (tertiary/aromatic N) is 6. The minimum atomic E-state index is 0.705. The van der Waals surface area contributed by atoms with E-state index in [1.54, 1.807) is 11.8 Å². The average molecular weight is 504 g/mol. The highest BCUT2D eigenvalue weighted by Gasteiger charge is 2.21. The highest BCUT2D eigenvalue weighted by molar-refractivity contribution is 7.99. The van der Waals surface area contributed by atoms with Gasteiger partial charge in [-0.2, -0.15) is 9.13 Å². The summed E-state index contributed by atoms with van der Waals surface area (Å²) in [6.07, 6.45) is 8.31. The molecule has 1 saturated heterocycles. The Labute approximate surface area is 221 Å². The van der Waals surface area contributed by atoms with Gasteiger partial charge < -0.3 is 4.90 Å². The Bertz CT molecular complexity index is 1440. The molecule has 0 unspecified atom stereocenters. The van der Waals surface area contributed by atoms with Gasteiger partial charge >= 0.3 is 5.95 Å². The number of aromatic nitrogens is 3. The summed E-state index contributed by atoms with van der Waals surface area (Å²) in [4.78, 5) is 9.31. The van der Waals surface area contributed by atoms with Crippen molar-refractivity contribution in [3.05, 3.63) is 116 Å². The Morgan fingerprint density at radius 1 is 0.784 bits per heavy atom. The second-order valence-electron chi connectivity index (χ2n) is 8.83. The van der Waals surface area contributed by atoms with Crippen LogP contribution in [-0.4, -0.2) is 22.6 Å². The highest BCUT2D eigenvalue weighted by Crippen LogP contribution is 2.38. The molecule has 0 atom stereocenters. The van der Waals surface area contributed by atoms with Crippen molar-refractivity contribution in [1.82, 2.24) is 9.55 Å². The number of rotatable bonds is 7. The van der Waals surface area contributed by atoms with Crippen LogP contribution in [-0.2, 0) is 0 Å². The molecule has 6 nitrogen and oxygen atoms in total. The van der Waals surface area contributed by atoms with E-state index >= 15 is 0 Å². The van der Waals surface area contributed by atoms with E-state index < -0.39 is 0 Å². The van der Waals surface area contributed by atoms with Gasteiger partial charge in [0.1, 0.15) is 35.3 Å². The summed E-state index contributed by atoms with van der Waals surface area (Å²) in [5, 5.41) is 9.57. The zero-order valence-corrected chi connectivity index (χ0v) is 21.2. The number of para-hydroxylation sites is 2. The first-order valence-electron chi connectivity index (χ1n) is 12.5. The maximum Gasteiger partial charge on any atom is 0.431 e. The molecule has 7 heteroatoms. The zero-order valence-electron chi connectivity index (χ0n) is 20.4. The molecular formula is C30H27N6S+. The van der Waals surface area contributed by atoms with E-state index in [2.05, 4.69) is 59.5 Å². The molecule has 0 aliphatic carbocycles. The first-order chi connectivity index (χ1) is 18.3. The Balaban J connectivity index is 1.42. The van der Waals surface area contributed by atoms with E-state index in [0.717, 1.165) is 45.8 Å². The van der Waals surface area contributed by atoms with Crippen LogP contribution in [0.25, 0.3) is 11.4 Å². The second kappa shape index (κ2) is 10.8. The molecule has 0 radical (unpaired) electrons. The molecule has 37 heavy (non-hydrogen) atoms. The summed E-state index contributed by atoms with van der Waals surface area (Å²) >= 11 is 1.69. The van der Waals surface area contributed by atoms with Gasteiger partial charge in [0.05, 0.1) is 6.20 Å². The molecule has 0 spiro atoms. The lowest BCUT2D eigenvalue weighted by Gasteiger charge is -2.17. The summed E-state index contributed by atoms with van der Waals surface area (Å²) in [5.41, 5.74) is 2.79.